The van der Waals surface area contributed by atoms with E-state index in [1.54, 1.807) is 11.3 Å². The van der Waals surface area contributed by atoms with Crippen LogP contribution in [0.25, 0.3) is 11.3 Å². The van der Waals surface area contributed by atoms with Gasteiger partial charge in [-0.25, -0.2) is 4.98 Å². The number of unbranched alkanes of at least 4 members (excludes halogenated alkanes) is 2. The van der Waals surface area contributed by atoms with Crippen LogP contribution in [-0.2, 0) is 4.79 Å². The summed E-state index contributed by atoms with van der Waals surface area (Å²) in [6.07, 6.45) is 3.77. The monoisotopic (exact) mass is 345 g/mol. The second-order valence-electron chi connectivity index (χ2n) is 6.40. The Morgan fingerprint density at radius 1 is 1.21 bits per heavy atom. The van der Waals surface area contributed by atoms with Gasteiger partial charge in [-0.1, -0.05) is 45.7 Å². The van der Waals surface area contributed by atoms with Crippen molar-refractivity contribution in [3.05, 3.63) is 29.6 Å². The van der Waals surface area contributed by atoms with Gasteiger partial charge in [-0.05, 0) is 24.5 Å². The third-order valence-corrected chi connectivity index (χ3v) is 4.44. The summed E-state index contributed by atoms with van der Waals surface area (Å²) in [5.41, 5.74) is 2.87. The fourth-order valence-electron chi connectivity index (χ4n) is 2.26. The molecule has 0 radical (unpaired) electrons. The first-order chi connectivity index (χ1) is 11.6. The van der Waals surface area contributed by atoms with Crippen LogP contribution in [0.3, 0.4) is 0 Å². The summed E-state index contributed by atoms with van der Waals surface area (Å²) < 4.78 is 0. The van der Waals surface area contributed by atoms with Crippen LogP contribution in [0.4, 0.5) is 10.8 Å². The van der Waals surface area contributed by atoms with Gasteiger partial charge >= 0.3 is 0 Å². The highest BCUT2D eigenvalue weighted by Crippen LogP contribution is 2.26. The van der Waals surface area contributed by atoms with Crippen LogP contribution < -0.4 is 10.6 Å². The number of benzene rings is 1. The number of amides is 1. The lowest BCUT2D eigenvalue weighted by Gasteiger charge is -2.06. The van der Waals surface area contributed by atoms with Crippen LogP contribution in [-0.4, -0.2) is 17.4 Å². The van der Waals surface area contributed by atoms with Crippen molar-refractivity contribution >= 4 is 28.1 Å². The topological polar surface area (TPSA) is 54.0 Å². The SMILES string of the molecule is CCCCCC(=O)Nc1ccc(-c2csc(NCC(C)C)n2)cc1. The fraction of sp³-hybridized carbons (Fsp3) is 0.474. The normalized spacial score (nSPS) is 10.8. The standard InChI is InChI=1S/C19H27N3OS/c1-4-5-6-7-18(23)21-16-10-8-15(9-11-16)17-13-24-19(22-17)20-12-14(2)3/h8-11,13-14H,4-7,12H2,1-3H3,(H,20,22)(H,21,23). The van der Waals surface area contributed by atoms with Crippen molar-refractivity contribution in [2.75, 3.05) is 17.2 Å². The van der Waals surface area contributed by atoms with E-state index < -0.39 is 0 Å². The number of carbonyl (C=O) groups excluding carboxylic acids is 1. The molecule has 0 fully saturated rings. The second kappa shape index (κ2) is 9.42. The molecule has 0 aliphatic heterocycles. The van der Waals surface area contributed by atoms with Crippen LogP contribution >= 0.6 is 11.3 Å². The first-order valence-electron chi connectivity index (χ1n) is 8.68. The molecule has 4 nitrogen and oxygen atoms in total. The summed E-state index contributed by atoms with van der Waals surface area (Å²) in [5, 5.41) is 9.30. The number of rotatable bonds is 9. The molecule has 24 heavy (non-hydrogen) atoms. The minimum absolute atomic E-state index is 0.0880. The molecule has 1 amide bonds. The predicted octanol–water partition coefficient (Wildman–Crippen LogP) is 5.40. The maximum Gasteiger partial charge on any atom is 0.224 e. The third kappa shape index (κ3) is 5.96. The number of hydrogen-bond acceptors (Lipinski definition) is 4. The van der Waals surface area contributed by atoms with Crippen molar-refractivity contribution in [3.8, 4) is 11.3 Å². The Morgan fingerprint density at radius 2 is 1.96 bits per heavy atom. The molecule has 2 N–H and O–H groups in total. The van der Waals surface area contributed by atoms with E-state index in [4.69, 9.17) is 0 Å². The minimum Gasteiger partial charge on any atom is -0.361 e. The van der Waals surface area contributed by atoms with Gasteiger partial charge in [0, 0.05) is 29.6 Å². The van der Waals surface area contributed by atoms with Crippen LogP contribution in [0.2, 0.25) is 0 Å². The first-order valence-corrected chi connectivity index (χ1v) is 9.56. The van der Waals surface area contributed by atoms with Crippen molar-refractivity contribution in [2.24, 2.45) is 5.92 Å². The number of carbonyl (C=O) groups is 1. The smallest absolute Gasteiger partial charge is 0.224 e. The Bertz CT molecular complexity index is 634. The quantitative estimate of drug-likeness (QED) is 0.599. The molecule has 5 heteroatoms. The Balaban J connectivity index is 1.90. The van der Waals surface area contributed by atoms with Gasteiger partial charge in [0.25, 0.3) is 0 Å². The average Bonchev–Trinajstić information content (AvgIpc) is 3.03. The summed E-state index contributed by atoms with van der Waals surface area (Å²) in [6, 6.07) is 7.88. The Labute approximate surface area is 148 Å². The van der Waals surface area contributed by atoms with Crippen molar-refractivity contribution in [1.82, 2.24) is 4.98 Å². The van der Waals surface area contributed by atoms with Gasteiger partial charge < -0.3 is 10.6 Å². The van der Waals surface area contributed by atoms with E-state index >= 15 is 0 Å². The van der Waals surface area contributed by atoms with Crippen molar-refractivity contribution in [2.45, 2.75) is 46.5 Å². The fourth-order valence-corrected chi connectivity index (χ4v) is 2.99. The van der Waals surface area contributed by atoms with Gasteiger partial charge in [0.15, 0.2) is 5.13 Å². The zero-order valence-corrected chi connectivity index (χ0v) is 15.6. The molecule has 0 aliphatic rings. The molecule has 1 heterocycles. The minimum atomic E-state index is 0.0880. The largest absolute Gasteiger partial charge is 0.361 e. The Kier molecular flexibility index (Phi) is 7.25. The summed E-state index contributed by atoms with van der Waals surface area (Å²) in [6.45, 7) is 7.42. The molecule has 0 saturated heterocycles. The number of aromatic nitrogens is 1. The van der Waals surface area contributed by atoms with Crippen molar-refractivity contribution in [3.63, 3.8) is 0 Å². The van der Waals surface area contributed by atoms with E-state index in [-0.39, 0.29) is 5.91 Å². The van der Waals surface area contributed by atoms with Crippen molar-refractivity contribution in [1.29, 1.82) is 0 Å². The van der Waals surface area contributed by atoms with Gasteiger partial charge in [0.2, 0.25) is 5.91 Å². The average molecular weight is 346 g/mol. The summed E-state index contributed by atoms with van der Waals surface area (Å²) >= 11 is 1.62. The highest BCUT2D eigenvalue weighted by molar-refractivity contribution is 7.14. The van der Waals surface area contributed by atoms with Crippen LogP contribution in [0.1, 0.15) is 46.5 Å². The molecule has 0 saturated carbocycles. The van der Waals surface area contributed by atoms with Gasteiger partial charge in [-0.3, -0.25) is 4.79 Å². The van der Waals surface area contributed by atoms with E-state index in [2.05, 4.69) is 41.8 Å². The summed E-state index contributed by atoms with van der Waals surface area (Å²) in [5.74, 6) is 0.683. The van der Waals surface area contributed by atoms with Crippen LogP contribution in [0, 0.1) is 5.92 Å². The number of nitrogens with one attached hydrogen (secondary N) is 2. The van der Waals surface area contributed by atoms with E-state index in [1.807, 2.05) is 24.3 Å². The molecule has 1 aromatic heterocycles. The van der Waals surface area contributed by atoms with E-state index in [0.29, 0.717) is 12.3 Å². The zero-order valence-electron chi connectivity index (χ0n) is 14.8. The summed E-state index contributed by atoms with van der Waals surface area (Å²) in [4.78, 5) is 16.5. The lowest BCUT2D eigenvalue weighted by atomic mass is 10.1. The molecule has 1 aromatic carbocycles. The molecule has 2 aromatic rings. The molecule has 0 spiro atoms. The molecule has 0 bridgehead atoms. The number of nitrogens with zero attached hydrogens (tertiary/aromatic N) is 1. The zero-order chi connectivity index (χ0) is 17.4. The first kappa shape index (κ1) is 18.5. The van der Waals surface area contributed by atoms with E-state index in [9.17, 15) is 4.79 Å². The molecule has 0 aliphatic carbocycles. The molecular formula is C19H27N3OS. The molecule has 0 atom stereocenters. The van der Waals surface area contributed by atoms with Gasteiger partial charge in [-0.2, -0.15) is 0 Å². The highest BCUT2D eigenvalue weighted by Gasteiger charge is 2.06. The van der Waals surface area contributed by atoms with Crippen molar-refractivity contribution < 1.29 is 4.79 Å². The third-order valence-electron chi connectivity index (χ3n) is 3.64. The lowest BCUT2D eigenvalue weighted by molar-refractivity contribution is -0.116. The maximum absolute atomic E-state index is 11.8. The maximum atomic E-state index is 11.8. The van der Waals surface area contributed by atoms with Gasteiger partial charge in [0.05, 0.1) is 5.69 Å². The van der Waals surface area contributed by atoms with Gasteiger partial charge in [0.1, 0.15) is 0 Å². The lowest BCUT2D eigenvalue weighted by Crippen LogP contribution is -2.10. The molecule has 0 unspecified atom stereocenters. The molecule has 130 valence electrons. The van der Waals surface area contributed by atoms with E-state index in [0.717, 1.165) is 47.9 Å². The number of hydrogen-bond donors (Lipinski definition) is 2. The Morgan fingerprint density at radius 3 is 2.62 bits per heavy atom. The van der Waals surface area contributed by atoms with Crippen LogP contribution in [0.15, 0.2) is 29.6 Å². The molecular weight excluding hydrogens is 318 g/mol. The van der Waals surface area contributed by atoms with Gasteiger partial charge in [-0.15, -0.1) is 11.3 Å². The Hall–Kier alpha value is -1.88. The predicted molar refractivity (Wildman–Crippen MR) is 104 cm³/mol. The summed E-state index contributed by atoms with van der Waals surface area (Å²) in [7, 11) is 0. The van der Waals surface area contributed by atoms with Crippen LogP contribution in [0.5, 0.6) is 0 Å². The number of anilines is 2. The highest BCUT2D eigenvalue weighted by atomic mass is 32.1. The molecule has 2 rings (SSSR count). The van der Waals surface area contributed by atoms with E-state index in [1.165, 1.54) is 0 Å². The second-order valence-corrected chi connectivity index (χ2v) is 7.25. The number of thiazole rings is 1.